The number of anilines is 2. The van der Waals surface area contributed by atoms with Crippen molar-refractivity contribution in [2.45, 2.75) is 6.54 Å². The summed E-state index contributed by atoms with van der Waals surface area (Å²) in [7, 11) is 0. The van der Waals surface area contributed by atoms with Gasteiger partial charge < -0.3 is 15.6 Å². The molecule has 17 heavy (non-hydrogen) atoms. The molecule has 3 rings (SSSR count). The average Bonchev–Trinajstić information content (AvgIpc) is 2.95. The summed E-state index contributed by atoms with van der Waals surface area (Å²) in [6.45, 7) is 0.428. The van der Waals surface area contributed by atoms with E-state index in [-0.39, 0.29) is 5.95 Å². The van der Waals surface area contributed by atoms with E-state index in [0.717, 1.165) is 10.2 Å². The van der Waals surface area contributed by atoms with E-state index >= 15 is 0 Å². The van der Waals surface area contributed by atoms with Crippen molar-refractivity contribution in [3.63, 3.8) is 0 Å². The van der Waals surface area contributed by atoms with Gasteiger partial charge in [0.05, 0.1) is 11.9 Å². The molecular formula is C9H8N6OS. The summed E-state index contributed by atoms with van der Waals surface area (Å²) in [5.74, 6) is 1.49. The van der Waals surface area contributed by atoms with Crippen LogP contribution in [0.3, 0.4) is 0 Å². The molecule has 3 aromatic heterocycles. The van der Waals surface area contributed by atoms with E-state index in [4.69, 9.17) is 5.73 Å². The van der Waals surface area contributed by atoms with Crippen LogP contribution in [-0.2, 0) is 6.54 Å². The van der Waals surface area contributed by atoms with Crippen LogP contribution in [0.25, 0.3) is 10.2 Å². The third-order valence-electron chi connectivity index (χ3n) is 2.16. The highest BCUT2D eigenvalue weighted by molar-refractivity contribution is 7.16. The first-order valence-corrected chi connectivity index (χ1v) is 5.71. The molecule has 86 valence electrons. The van der Waals surface area contributed by atoms with Gasteiger partial charge in [-0.05, 0) is 11.4 Å². The van der Waals surface area contributed by atoms with Crippen LogP contribution in [0.5, 0.6) is 0 Å². The maximum atomic E-state index is 5.63. The Morgan fingerprint density at radius 2 is 2.35 bits per heavy atom. The summed E-state index contributed by atoms with van der Waals surface area (Å²) >= 11 is 1.52. The van der Waals surface area contributed by atoms with Crippen LogP contribution >= 0.6 is 11.3 Å². The van der Waals surface area contributed by atoms with E-state index in [2.05, 4.69) is 29.9 Å². The second-order valence-corrected chi connectivity index (χ2v) is 4.17. The van der Waals surface area contributed by atoms with Gasteiger partial charge >= 0.3 is 0 Å². The van der Waals surface area contributed by atoms with Gasteiger partial charge in [0, 0.05) is 0 Å². The first-order valence-electron chi connectivity index (χ1n) is 4.83. The van der Waals surface area contributed by atoms with Crippen LogP contribution < -0.4 is 11.1 Å². The monoisotopic (exact) mass is 248 g/mol. The van der Waals surface area contributed by atoms with Crippen molar-refractivity contribution < 1.29 is 4.52 Å². The van der Waals surface area contributed by atoms with Crippen LogP contribution in [0.4, 0.5) is 11.8 Å². The summed E-state index contributed by atoms with van der Waals surface area (Å²) in [4.78, 5) is 13.0. The number of nitrogens with zero attached hydrogens (tertiary/aromatic N) is 4. The average molecular weight is 248 g/mol. The molecule has 0 aliphatic rings. The Bertz CT molecular complexity index is 634. The standard InChI is InChI=1S/C9H8N6OS/c10-9-13-7(5-1-2-17-8(5)14-9)11-3-6-12-4-16-15-6/h1-2,4H,3H2,(H3,10,11,13,14). The maximum absolute atomic E-state index is 5.63. The smallest absolute Gasteiger partial charge is 0.223 e. The van der Waals surface area contributed by atoms with Gasteiger partial charge in [0.15, 0.2) is 5.82 Å². The van der Waals surface area contributed by atoms with Crippen molar-refractivity contribution in [1.82, 2.24) is 20.1 Å². The first-order chi connectivity index (χ1) is 8.33. The van der Waals surface area contributed by atoms with Gasteiger partial charge in [0.25, 0.3) is 0 Å². The van der Waals surface area contributed by atoms with E-state index in [1.165, 1.54) is 17.7 Å². The number of aromatic nitrogens is 4. The molecule has 3 aromatic rings. The van der Waals surface area contributed by atoms with Crippen LogP contribution in [0.1, 0.15) is 5.82 Å². The van der Waals surface area contributed by atoms with Gasteiger partial charge in [-0.15, -0.1) is 11.3 Å². The topological polar surface area (TPSA) is 103 Å². The first kappa shape index (κ1) is 9.97. The lowest BCUT2D eigenvalue weighted by Gasteiger charge is -2.04. The number of thiophene rings is 1. The van der Waals surface area contributed by atoms with Crippen LogP contribution in [0.2, 0.25) is 0 Å². The van der Waals surface area contributed by atoms with E-state index in [1.54, 1.807) is 0 Å². The number of nitrogen functional groups attached to an aromatic ring is 1. The van der Waals surface area contributed by atoms with Crippen LogP contribution in [-0.4, -0.2) is 20.1 Å². The zero-order chi connectivity index (χ0) is 11.7. The highest BCUT2D eigenvalue weighted by atomic mass is 32.1. The van der Waals surface area contributed by atoms with E-state index in [0.29, 0.717) is 18.2 Å². The lowest BCUT2D eigenvalue weighted by atomic mass is 10.4. The van der Waals surface area contributed by atoms with Gasteiger partial charge in [-0.1, -0.05) is 5.16 Å². The molecule has 3 N–H and O–H groups in total. The minimum absolute atomic E-state index is 0.246. The van der Waals surface area contributed by atoms with E-state index in [9.17, 15) is 0 Å². The lowest BCUT2D eigenvalue weighted by Crippen LogP contribution is -2.05. The minimum atomic E-state index is 0.246. The molecule has 0 aliphatic carbocycles. The van der Waals surface area contributed by atoms with Crippen molar-refractivity contribution >= 4 is 33.3 Å². The largest absolute Gasteiger partial charge is 0.368 e. The highest BCUT2D eigenvalue weighted by Gasteiger charge is 2.07. The van der Waals surface area contributed by atoms with Gasteiger partial charge in [-0.2, -0.15) is 9.97 Å². The molecule has 8 heteroatoms. The molecular weight excluding hydrogens is 240 g/mol. The predicted octanol–water partition coefficient (Wildman–Crippen LogP) is 1.27. The van der Waals surface area contributed by atoms with Crippen molar-refractivity contribution in [3.8, 4) is 0 Å². The second kappa shape index (κ2) is 3.98. The molecule has 0 aromatic carbocycles. The molecule has 0 aliphatic heterocycles. The van der Waals surface area contributed by atoms with Gasteiger partial charge in [-0.25, -0.2) is 4.98 Å². The molecule has 0 spiro atoms. The fourth-order valence-electron chi connectivity index (χ4n) is 1.44. The Hall–Kier alpha value is -2.22. The normalized spacial score (nSPS) is 10.8. The van der Waals surface area contributed by atoms with Crippen LogP contribution in [0, 0.1) is 0 Å². The Morgan fingerprint density at radius 1 is 1.41 bits per heavy atom. The number of fused-ring (bicyclic) bond motifs is 1. The Balaban J connectivity index is 1.91. The molecule has 7 nitrogen and oxygen atoms in total. The molecule has 0 fully saturated rings. The van der Waals surface area contributed by atoms with Gasteiger partial charge in [0.1, 0.15) is 10.6 Å². The fraction of sp³-hybridized carbons (Fsp3) is 0.111. The molecule has 0 unspecified atom stereocenters. The van der Waals surface area contributed by atoms with Crippen molar-refractivity contribution in [2.75, 3.05) is 11.1 Å². The zero-order valence-corrected chi connectivity index (χ0v) is 9.44. The molecule has 0 saturated carbocycles. The SMILES string of the molecule is Nc1nc(NCc2ncon2)c2ccsc2n1. The van der Waals surface area contributed by atoms with Crippen molar-refractivity contribution in [3.05, 3.63) is 23.7 Å². The zero-order valence-electron chi connectivity index (χ0n) is 8.62. The summed E-state index contributed by atoms with van der Waals surface area (Å²) in [6, 6.07) is 1.94. The van der Waals surface area contributed by atoms with Crippen molar-refractivity contribution in [2.24, 2.45) is 0 Å². The number of nitrogens with two attached hydrogens (primary N) is 1. The number of rotatable bonds is 3. The lowest BCUT2D eigenvalue weighted by molar-refractivity contribution is 0.411. The summed E-state index contributed by atoms with van der Waals surface area (Å²) in [5.41, 5.74) is 5.63. The molecule has 0 amide bonds. The van der Waals surface area contributed by atoms with Gasteiger partial charge in [0.2, 0.25) is 12.3 Å². The fourth-order valence-corrected chi connectivity index (χ4v) is 2.21. The highest BCUT2D eigenvalue weighted by Crippen LogP contribution is 2.25. The number of hydrogen-bond donors (Lipinski definition) is 2. The third kappa shape index (κ3) is 1.89. The summed E-state index contributed by atoms with van der Waals surface area (Å²) in [6.07, 6.45) is 1.28. The third-order valence-corrected chi connectivity index (χ3v) is 2.97. The minimum Gasteiger partial charge on any atom is -0.368 e. The quantitative estimate of drug-likeness (QED) is 0.719. The van der Waals surface area contributed by atoms with Crippen LogP contribution in [0.15, 0.2) is 22.4 Å². The molecule has 0 saturated heterocycles. The molecule has 0 radical (unpaired) electrons. The summed E-state index contributed by atoms with van der Waals surface area (Å²) < 4.78 is 4.64. The second-order valence-electron chi connectivity index (χ2n) is 3.27. The molecule has 3 heterocycles. The molecule has 0 bridgehead atoms. The maximum Gasteiger partial charge on any atom is 0.223 e. The van der Waals surface area contributed by atoms with E-state index < -0.39 is 0 Å². The number of hydrogen-bond acceptors (Lipinski definition) is 8. The Kier molecular flexibility index (Phi) is 2.33. The van der Waals surface area contributed by atoms with E-state index in [1.807, 2.05) is 11.4 Å². The predicted molar refractivity (Wildman–Crippen MR) is 63.5 cm³/mol. The van der Waals surface area contributed by atoms with Gasteiger partial charge in [-0.3, -0.25) is 0 Å². The van der Waals surface area contributed by atoms with Crippen molar-refractivity contribution in [1.29, 1.82) is 0 Å². The Morgan fingerprint density at radius 3 is 3.18 bits per heavy atom. The Labute approximate surface area is 99.7 Å². The number of nitrogens with one attached hydrogen (secondary N) is 1. The molecule has 0 atom stereocenters. The summed E-state index contributed by atoms with van der Waals surface area (Å²) in [5, 5.41) is 9.69.